The number of hydrogen-bond acceptors (Lipinski definition) is 3. The molecule has 0 saturated heterocycles. The van der Waals surface area contributed by atoms with Crippen LogP contribution in [0.15, 0.2) is 18.2 Å². The number of nitrogen functional groups attached to an aromatic ring is 1. The van der Waals surface area contributed by atoms with E-state index < -0.39 is 11.9 Å². The molecule has 1 amide bonds. The molecule has 1 aromatic carbocycles. The Kier molecular flexibility index (Phi) is 3.71. The second kappa shape index (κ2) is 4.83. The molecule has 0 aliphatic carbocycles. The van der Waals surface area contributed by atoms with Crippen molar-refractivity contribution in [2.75, 3.05) is 25.1 Å². The molecule has 0 saturated carbocycles. The predicted molar refractivity (Wildman–Crippen MR) is 62.6 cm³/mol. The van der Waals surface area contributed by atoms with E-state index in [0.29, 0.717) is 11.4 Å². The maximum absolute atomic E-state index is 13.0. The van der Waals surface area contributed by atoms with Crippen LogP contribution in [0.3, 0.4) is 0 Å². The molecule has 16 heavy (non-hydrogen) atoms. The summed E-state index contributed by atoms with van der Waals surface area (Å²) in [5.41, 5.74) is 6.32. The number of rotatable bonds is 3. The van der Waals surface area contributed by atoms with Gasteiger partial charge in [-0.05, 0) is 25.1 Å². The highest BCUT2D eigenvalue weighted by Gasteiger charge is 2.14. The number of amides is 1. The van der Waals surface area contributed by atoms with Gasteiger partial charge in [0.2, 0.25) is 5.91 Å². The van der Waals surface area contributed by atoms with Crippen LogP contribution in [0.5, 0.6) is 0 Å². The molecule has 0 aliphatic heterocycles. The van der Waals surface area contributed by atoms with Crippen LogP contribution in [0.2, 0.25) is 0 Å². The van der Waals surface area contributed by atoms with E-state index >= 15 is 0 Å². The summed E-state index contributed by atoms with van der Waals surface area (Å²) in [7, 11) is 3.33. The zero-order valence-electron chi connectivity index (χ0n) is 9.62. The quantitative estimate of drug-likeness (QED) is 0.762. The van der Waals surface area contributed by atoms with Crippen LogP contribution in [0.1, 0.15) is 6.92 Å². The number of nitrogens with two attached hydrogens (primary N) is 1. The van der Waals surface area contributed by atoms with Crippen molar-refractivity contribution in [2.45, 2.75) is 13.0 Å². The number of benzene rings is 1. The second-order valence-corrected chi connectivity index (χ2v) is 3.87. The number of halogens is 1. The molecule has 0 aromatic heterocycles. The maximum atomic E-state index is 13.0. The minimum absolute atomic E-state index is 0.0807. The summed E-state index contributed by atoms with van der Waals surface area (Å²) < 4.78 is 13.0. The van der Waals surface area contributed by atoms with Gasteiger partial charge in [0.25, 0.3) is 0 Å². The minimum Gasteiger partial charge on any atom is -0.399 e. The Bertz CT molecular complexity index is 373. The van der Waals surface area contributed by atoms with Gasteiger partial charge in [0.1, 0.15) is 11.9 Å². The van der Waals surface area contributed by atoms with E-state index in [1.807, 2.05) is 0 Å². The topological polar surface area (TPSA) is 58.4 Å². The molecule has 4 nitrogen and oxygen atoms in total. The number of nitrogens with zero attached hydrogens (tertiary/aromatic N) is 1. The first-order valence-electron chi connectivity index (χ1n) is 4.94. The molecule has 3 N–H and O–H groups in total. The van der Waals surface area contributed by atoms with Gasteiger partial charge in [0.05, 0.1) is 0 Å². The molecule has 1 rings (SSSR count). The Morgan fingerprint density at radius 2 is 2.06 bits per heavy atom. The van der Waals surface area contributed by atoms with Crippen LogP contribution in [-0.2, 0) is 4.79 Å². The van der Waals surface area contributed by atoms with Crippen molar-refractivity contribution in [3.63, 3.8) is 0 Å². The lowest BCUT2D eigenvalue weighted by Gasteiger charge is -2.19. The van der Waals surface area contributed by atoms with Crippen molar-refractivity contribution in [3.8, 4) is 0 Å². The molecule has 88 valence electrons. The summed E-state index contributed by atoms with van der Waals surface area (Å²) in [6, 6.07) is 3.69. The van der Waals surface area contributed by atoms with Crippen molar-refractivity contribution >= 4 is 17.3 Å². The summed E-state index contributed by atoms with van der Waals surface area (Å²) in [4.78, 5) is 13.0. The van der Waals surface area contributed by atoms with Gasteiger partial charge in [-0.1, -0.05) is 0 Å². The van der Waals surface area contributed by atoms with Gasteiger partial charge in [-0.15, -0.1) is 0 Å². The van der Waals surface area contributed by atoms with Gasteiger partial charge in [-0.3, -0.25) is 4.79 Å². The van der Waals surface area contributed by atoms with E-state index in [2.05, 4.69) is 5.32 Å². The summed E-state index contributed by atoms with van der Waals surface area (Å²) in [6.45, 7) is 1.71. The van der Waals surface area contributed by atoms with Gasteiger partial charge in [0.15, 0.2) is 0 Å². The number of hydrogen-bond donors (Lipinski definition) is 2. The Morgan fingerprint density at radius 3 is 2.56 bits per heavy atom. The Balaban J connectivity index is 2.76. The Hall–Kier alpha value is -1.78. The molecule has 0 fully saturated rings. The molecule has 1 atom stereocenters. The predicted octanol–water partition coefficient (Wildman–Crippen LogP) is 1.30. The van der Waals surface area contributed by atoms with Crippen LogP contribution in [0.4, 0.5) is 15.8 Å². The summed E-state index contributed by atoms with van der Waals surface area (Å²) in [6.07, 6.45) is 0. The lowest BCUT2D eigenvalue weighted by molar-refractivity contribution is -0.129. The highest BCUT2D eigenvalue weighted by molar-refractivity contribution is 5.84. The van der Waals surface area contributed by atoms with E-state index in [1.54, 1.807) is 27.1 Å². The summed E-state index contributed by atoms with van der Waals surface area (Å²) in [5, 5.41) is 2.89. The maximum Gasteiger partial charge on any atom is 0.244 e. The molecular weight excluding hydrogens is 209 g/mol. The first-order chi connectivity index (χ1) is 7.40. The molecule has 0 bridgehead atoms. The fourth-order valence-electron chi connectivity index (χ4n) is 1.39. The lowest BCUT2D eigenvalue weighted by atomic mass is 10.2. The fourth-order valence-corrected chi connectivity index (χ4v) is 1.39. The molecule has 1 aromatic rings. The number of nitrogens with one attached hydrogen (secondary N) is 1. The lowest BCUT2D eigenvalue weighted by Crippen LogP contribution is -2.36. The third-order valence-electron chi connectivity index (χ3n) is 2.11. The largest absolute Gasteiger partial charge is 0.399 e. The zero-order chi connectivity index (χ0) is 12.3. The van der Waals surface area contributed by atoms with Crippen LogP contribution >= 0.6 is 0 Å². The van der Waals surface area contributed by atoms with E-state index in [1.165, 1.54) is 17.0 Å². The van der Waals surface area contributed by atoms with Gasteiger partial charge in [0, 0.05) is 25.5 Å². The SMILES string of the molecule is CC(Nc1cc(N)cc(F)c1)C(=O)N(C)C. The molecule has 5 heteroatoms. The van der Waals surface area contributed by atoms with Crippen LogP contribution in [0.25, 0.3) is 0 Å². The van der Waals surface area contributed by atoms with Crippen LogP contribution in [-0.4, -0.2) is 30.9 Å². The number of carbonyl (C=O) groups excluding carboxylic acids is 1. The second-order valence-electron chi connectivity index (χ2n) is 3.87. The number of carbonyl (C=O) groups is 1. The normalized spacial score (nSPS) is 12.0. The van der Waals surface area contributed by atoms with E-state index in [-0.39, 0.29) is 5.91 Å². The van der Waals surface area contributed by atoms with Crippen LogP contribution < -0.4 is 11.1 Å². The number of likely N-dealkylation sites (N-methyl/N-ethyl adjacent to an activating group) is 1. The molecule has 0 radical (unpaired) electrons. The third kappa shape index (κ3) is 3.12. The smallest absolute Gasteiger partial charge is 0.244 e. The average Bonchev–Trinajstić information content (AvgIpc) is 2.14. The first-order valence-corrected chi connectivity index (χ1v) is 4.94. The molecule has 0 spiro atoms. The van der Waals surface area contributed by atoms with Crippen molar-refractivity contribution in [1.29, 1.82) is 0 Å². The van der Waals surface area contributed by atoms with Crippen molar-refractivity contribution in [3.05, 3.63) is 24.0 Å². The molecular formula is C11H16FN3O. The minimum atomic E-state index is -0.424. The van der Waals surface area contributed by atoms with E-state index in [9.17, 15) is 9.18 Å². The van der Waals surface area contributed by atoms with Crippen molar-refractivity contribution < 1.29 is 9.18 Å². The van der Waals surface area contributed by atoms with E-state index in [0.717, 1.165) is 0 Å². The third-order valence-corrected chi connectivity index (χ3v) is 2.11. The Morgan fingerprint density at radius 1 is 1.44 bits per heavy atom. The standard InChI is InChI=1S/C11H16FN3O/c1-7(11(16)15(2)3)14-10-5-8(12)4-9(13)6-10/h4-7,14H,13H2,1-3H3. The summed E-state index contributed by atoms with van der Waals surface area (Å²) in [5.74, 6) is -0.505. The average molecular weight is 225 g/mol. The van der Waals surface area contributed by atoms with Gasteiger partial charge in [-0.25, -0.2) is 4.39 Å². The highest BCUT2D eigenvalue weighted by Crippen LogP contribution is 2.16. The van der Waals surface area contributed by atoms with Crippen molar-refractivity contribution in [1.82, 2.24) is 4.90 Å². The summed E-state index contributed by atoms with van der Waals surface area (Å²) >= 11 is 0. The van der Waals surface area contributed by atoms with Gasteiger partial charge in [-0.2, -0.15) is 0 Å². The molecule has 0 heterocycles. The van der Waals surface area contributed by atoms with E-state index in [4.69, 9.17) is 5.73 Å². The molecule has 0 aliphatic rings. The molecule has 1 unspecified atom stereocenters. The monoisotopic (exact) mass is 225 g/mol. The van der Waals surface area contributed by atoms with Gasteiger partial charge >= 0.3 is 0 Å². The highest BCUT2D eigenvalue weighted by atomic mass is 19.1. The van der Waals surface area contributed by atoms with Crippen LogP contribution in [0, 0.1) is 5.82 Å². The van der Waals surface area contributed by atoms with Gasteiger partial charge < -0.3 is 16.0 Å². The zero-order valence-corrected chi connectivity index (χ0v) is 9.62. The first kappa shape index (κ1) is 12.3. The van der Waals surface area contributed by atoms with Crippen molar-refractivity contribution in [2.24, 2.45) is 0 Å². The fraction of sp³-hybridized carbons (Fsp3) is 0.364. The number of anilines is 2. The Labute approximate surface area is 94.2 Å².